The Morgan fingerprint density at radius 3 is 1.88 bits per heavy atom. The number of Topliss-reactive ketones (excluding diaryl/α,β-unsaturated/α-hetero) is 5. The van der Waals surface area contributed by atoms with Gasteiger partial charge in [0, 0.05) is 107 Å². The van der Waals surface area contributed by atoms with Gasteiger partial charge >= 0.3 is 5.97 Å². The number of rotatable bonds is 49. The number of aliphatic carboxylic acids is 1. The number of hydrogen-bond donors (Lipinski definition) is 15. The lowest BCUT2D eigenvalue weighted by Gasteiger charge is -2.27. The number of guanidine groups is 1. The highest BCUT2D eigenvalue weighted by Gasteiger charge is 2.36. The predicted molar refractivity (Wildman–Crippen MR) is 424 cm³/mol. The number of nitrogens with two attached hydrogens (primary N) is 3. The summed E-state index contributed by atoms with van der Waals surface area (Å²) in [6, 6.07) is 3.20. The van der Waals surface area contributed by atoms with Crippen molar-refractivity contribution < 1.29 is 106 Å². The van der Waals surface area contributed by atoms with E-state index in [4.69, 9.17) is 41.3 Å². The van der Waals surface area contributed by atoms with Crippen LogP contribution in [0, 0.1) is 23.7 Å². The number of unbranched alkanes of at least 4 members (excludes halogenated alkanes) is 1. The van der Waals surface area contributed by atoms with Gasteiger partial charge in [0.25, 0.3) is 0 Å². The number of thioether (sulfide) groups is 1. The molecule has 2 fully saturated rings. The fourth-order valence-electron chi connectivity index (χ4n) is 11.7. The van der Waals surface area contributed by atoms with Crippen molar-refractivity contribution in [2.24, 2.45) is 51.0 Å². The Labute approximate surface area is 671 Å². The molecule has 636 valence electrons. The first kappa shape index (κ1) is 99.4. The second-order valence-electron chi connectivity index (χ2n) is 28.2. The number of benzene rings is 1. The van der Waals surface area contributed by atoms with Gasteiger partial charge in [0.15, 0.2) is 34.9 Å². The molecule has 0 spiro atoms. The number of primary amides is 1. The van der Waals surface area contributed by atoms with Crippen molar-refractivity contribution in [1.29, 1.82) is 0 Å². The number of carbonyl (C=O) groups excluding carboxylic acids is 13. The highest BCUT2D eigenvalue weighted by molar-refractivity contribution is 8.76. The van der Waals surface area contributed by atoms with E-state index in [0.717, 1.165) is 33.3 Å². The predicted octanol–water partition coefficient (Wildman–Crippen LogP) is 0.386. The van der Waals surface area contributed by atoms with Crippen LogP contribution in [0.25, 0.3) is 0 Å². The molecule has 1 aromatic rings. The van der Waals surface area contributed by atoms with Crippen LogP contribution in [0.4, 0.5) is 4.39 Å². The summed E-state index contributed by atoms with van der Waals surface area (Å²) in [4.78, 5) is 195. The summed E-state index contributed by atoms with van der Waals surface area (Å²) in [7, 11) is 1.98. The molecule has 0 saturated carbocycles. The van der Waals surface area contributed by atoms with Crippen LogP contribution in [0.15, 0.2) is 40.5 Å². The number of ketones is 5. The number of hydrogen-bond acceptors (Lipinski definition) is 27. The van der Waals surface area contributed by atoms with Crippen LogP contribution >= 0.6 is 33.3 Å². The van der Waals surface area contributed by atoms with Crippen molar-refractivity contribution in [2.75, 3.05) is 122 Å². The Kier molecular flexibility index (Phi) is 51.2. The minimum Gasteiger partial charge on any atom is -0.481 e. The van der Waals surface area contributed by atoms with E-state index < -0.39 is 151 Å². The van der Waals surface area contributed by atoms with E-state index in [-0.39, 0.29) is 202 Å². The van der Waals surface area contributed by atoms with Crippen molar-refractivity contribution in [2.45, 2.75) is 185 Å². The molecule has 2 unspecified atom stereocenters. The molecule has 113 heavy (non-hydrogen) atoms. The van der Waals surface area contributed by atoms with E-state index in [0.29, 0.717) is 56.6 Å². The van der Waals surface area contributed by atoms with Gasteiger partial charge in [-0.25, -0.2) is 4.39 Å². The second kappa shape index (κ2) is 58.1. The lowest BCUT2D eigenvalue weighted by atomic mass is 9.90. The minimum absolute atomic E-state index is 0.00164. The first-order valence-corrected chi connectivity index (χ1v) is 41.9. The Balaban J connectivity index is 1.90. The van der Waals surface area contributed by atoms with Gasteiger partial charge in [-0.3, -0.25) is 72.1 Å². The van der Waals surface area contributed by atoms with Crippen LogP contribution in [-0.2, 0) is 92.5 Å². The van der Waals surface area contributed by atoms with E-state index in [1.54, 1.807) is 37.3 Å². The molecule has 2 aliphatic heterocycles. The number of alkyl halides is 1. The van der Waals surface area contributed by atoms with E-state index in [1.807, 2.05) is 13.8 Å². The molecule has 9 atom stereocenters. The Bertz CT molecular complexity index is 3230. The molecule has 0 radical (unpaired) electrons. The average Bonchev–Trinajstić information content (AvgIpc) is 1.82. The van der Waals surface area contributed by atoms with Gasteiger partial charge in [0.1, 0.15) is 19.3 Å². The molecule has 2 saturated heterocycles. The summed E-state index contributed by atoms with van der Waals surface area (Å²) >= 11 is 0.955. The molecule has 0 aliphatic carbocycles. The SMILES string of the molecule is C/C(=N\O)C(C)(C)NCCC(CCNCC(O)[18F])CCNC(=O)CCCC(=O)NCCCC[C@@H]1NC(=O)CSC[C@@H](C(=O)CCCOCCOCCOCCCC(=O)COCC(N)=O)NC(=O)[C@H](Cc2ccccc2)CC(=O)[C@@H]2CSSC[C@H](NC1=O)C(=O)C[C@@H](CCCN=C(N)N)C(=O)NCC(=O)C[C@@H](CC(=O)O)C(=O)N2. The summed E-state index contributed by atoms with van der Waals surface area (Å²) in [6.45, 7) is 6.61. The van der Waals surface area contributed by atoms with Crippen LogP contribution in [-0.4, -0.2) is 267 Å². The molecule has 2 bridgehead atoms. The number of nitrogens with zero attached hydrogens (tertiary/aromatic N) is 2. The molecule has 8 amide bonds. The van der Waals surface area contributed by atoms with Crippen LogP contribution in [0.3, 0.4) is 0 Å². The van der Waals surface area contributed by atoms with E-state index in [9.17, 15) is 81.8 Å². The number of aliphatic hydroxyl groups is 1. The van der Waals surface area contributed by atoms with E-state index in [2.05, 4.69) is 58.0 Å². The van der Waals surface area contributed by atoms with Crippen LogP contribution in [0.5, 0.6) is 0 Å². The molecule has 18 N–H and O–H groups in total. The molecule has 0 aromatic heterocycles. The summed E-state index contributed by atoms with van der Waals surface area (Å²) < 4.78 is 34.8. The van der Waals surface area contributed by atoms with Crippen molar-refractivity contribution in [3.05, 3.63) is 35.9 Å². The number of carboxylic acid groups (broad SMARTS) is 1. The normalized spacial score (nSPS) is 20.4. The Hall–Kier alpha value is -7.76. The van der Waals surface area contributed by atoms with Gasteiger partial charge in [-0.2, -0.15) is 0 Å². The molecule has 35 nitrogen and oxygen atoms in total. The van der Waals surface area contributed by atoms with Crippen molar-refractivity contribution in [3.8, 4) is 0 Å². The third-order valence-electron chi connectivity index (χ3n) is 18.4. The van der Waals surface area contributed by atoms with E-state index in [1.165, 1.54) is 0 Å². The number of ether oxygens (including phenoxy) is 4. The number of amides is 8. The summed E-state index contributed by atoms with van der Waals surface area (Å²) in [5.41, 5.74) is 16.7. The van der Waals surface area contributed by atoms with E-state index >= 15 is 0 Å². The summed E-state index contributed by atoms with van der Waals surface area (Å²) in [5.74, 6) is -14.6. The minimum atomic E-state index is -2.00. The maximum absolute atomic E-state index is 14.9. The fourth-order valence-corrected chi connectivity index (χ4v) is 15.0. The first-order chi connectivity index (χ1) is 54.0. The number of halogens is 1. The Morgan fingerprint density at radius 1 is 0.646 bits per heavy atom. The number of aliphatic imine (C=N–C) groups is 1. The van der Waals surface area contributed by atoms with Crippen LogP contribution in [0.1, 0.15) is 148 Å². The van der Waals surface area contributed by atoms with Crippen molar-refractivity contribution in [1.82, 2.24) is 47.9 Å². The van der Waals surface area contributed by atoms with Crippen LogP contribution < -0.4 is 65.1 Å². The van der Waals surface area contributed by atoms with Crippen molar-refractivity contribution >= 4 is 127 Å². The molecule has 1 aromatic carbocycles. The molecule has 3 rings (SSSR count). The number of carboxylic acids is 1. The van der Waals surface area contributed by atoms with Gasteiger partial charge in [-0.1, -0.05) is 57.1 Å². The zero-order chi connectivity index (χ0) is 83.4. The molecular formula is C74H119FN14O21S3. The lowest BCUT2D eigenvalue weighted by molar-refractivity contribution is -0.142. The number of oxime groups is 1. The zero-order valence-corrected chi connectivity index (χ0v) is 67.5. The third-order valence-corrected chi connectivity index (χ3v) is 21.8. The number of nitrogens with one attached hydrogen (secondary N) is 9. The molecular weight excluding hydrogens is 1540 g/mol. The zero-order valence-electron chi connectivity index (χ0n) is 65.1. The monoisotopic (exact) mass is 1650 g/mol. The van der Waals surface area contributed by atoms with Gasteiger partial charge in [0.05, 0.1) is 87.0 Å². The highest BCUT2D eigenvalue weighted by atomic mass is 33.1. The smallest absolute Gasteiger partial charge is 0.304 e. The van der Waals surface area contributed by atoms with Crippen molar-refractivity contribution in [3.63, 3.8) is 0 Å². The number of fused-ring (bicyclic) bond motifs is 5. The lowest BCUT2D eigenvalue weighted by Crippen LogP contribution is -2.53. The largest absolute Gasteiger partial charge is 0.481 e. The average molecular weight is 1660 g/mol. The molecule has 2 heterocycles. The highest BCUT2D eigenvalue weighted by Crippen LogP contribution is 2.28. The number of carbonyl (C=O) groups is 14. The first-order valence-electron chi connectivity index (χ1n) is 38.3. The third kappa shape index (κ3) is 46.4. The van der Waals surface area contributed by atoms with Gasteiger partial charge in [-0.15, -0.1) is 11.8 Å². The Morgan fingerprint density at radius 2 is 1.25 bits per heavy atom. The maximum Gasteiger partial charge on any atom is 0.304 e. The maximum atomic E-state index is 14.9. The van der Waals surface area contributed by atoms with Gasteiger partial charge < -0.3 is 99.4 Å². The number of aliphatic hydroxyl groups excluding tert-OH is 1. The molecule has 39 heteroatoms. The standard InChI is InChI=1S/C74H119FN14O21S3/c1-48(89-106)74(2,3)84-28-23-49(21-26-79-41-63(75)95)22-27-81-66(98)20-9-19-65(97)80-24-8-7-17-56-72(105)88-59-46-113-112-45-58(87-71(104)53(39-68(100)101)36-55(91)40-83-69(102)51(37-61(59)93)15-10-25-82-73(77)78)62(94)38-52(35-50-13-5-4-6-14-50)70(103)86-57(44-111-47-67(99)85-56)60(92)18-12-30-108-32-34-109-33-31-107-29-11-16-54(90)42-110-43-64(76)96/h4-6,13-14,49,51-53,56-59,63,79,84,95,106H,7-12,15-47H2,1-3H3,(H2,76,96)(H,80,97)(H,81,98)(H,83,102)(H,85,99)(H,86,103)(H,87,104)(H,88,105)(H,100,101)(H4,77,78,82)/b89-48+/t49?,51-,52-,53+,56+,57+,58+,59+,63?/m1/s1/i75-1. The fraction of sp³-hybridized carbons (Fsp3) is 0.703. The van der Waals surface area contributed by atoms with Gasteiger partial charge in [-0.05, 0) is 122 Å². The topological polar surface area (TPSA) is 548 Å². The van der Waals surface area contributed by atoms with Crippen LogP contribution in [0.2, 0.25) is 0 Å². The summed E-state index contributed by atoms with van der Waals surface area (Å²) in [6.07, 6.45) is -1.16. The molecule has 2 aliphatic rings. The second-order valence-corrected chi connectivity index (χ2v) is 31.8. The summed E-state index contributed by atoms with van der Waals surface area (Å²) in [5, 5.41) is 57.0. The van der Waals surface area contributed by atoms with Gasteiger partial charge in [0.2, 0.25) is 53.6 Å². The quantitative estimate of drug-likeness (QED) is 0.0105.